The number of hydrogen-bond donors (Lipinski definition) is 0. The van der Waals surface area contributed by atoms with Crippen molar-refractivity contribution in [1.82, 2.24) is 0 Å². The van der Waals surface area contributed by atoms with E-state index < -0.39 is 11.7 Å². The summed E-state index contributed by atoms with van der Waals surface area (Å²) in [6.45, 7) is 4.14. The Morgan fingerprint density at radius 1 is 1.56 bits per heavy atom. The van der Waals surface area contributed by atoms with E-state index in [4.69, 9.17) is 0 Å². The van der Waals surface area contributed by atoms with Crippen LogP contribution >= 0.6 is 12.2 Å². The van der Waals surface area contributed by atoms with Crippen LogP contribution in [-0.2, 0) is 9.59 Å². The van der Waals surface area contributed by atoms with Gasteiger partial charge >= 0.3 is 0 Å². The van der Waals surface area contributed by atoms with Crippen molar-refractivity contribution in [3.8, 4) is 0 Å². The topological polar surface area (TPSA) is 46.5 Å². The summed E-state index contributed by atoms with van der Waals surface area (Å²) < 4.78 is 0. The largest absolute Gasteiger partial charge is 0.293 e. The molecule has 0 atom stereocenters. The lowest BCUT2D eigenvalue weighted by atomic mass is 10.3. The number of carbonyl (C=O) groups excluding carboxylic acids is 2. The lowest BCUT2D eigenvalue weighted by molar-refractivity contribution is -0.114. The third-order valence-corrected chi connectivity index (χ3v) is 1.12. The summed E-state index contributed by atoms with van der Waals surface area (Å²) in [6.07, 6.45) is 0. The molecule has 0 aliphatic carbocycles. The summed E-state index contributed by atoms with van der Waals surface area (Å²) in [5.41, 5.74) is 0. The van der Waals surface area contributed by atoms with Crippen LogP contribution in [0.3, 0.4) is 0 Å². The molecular formula is C5H5NO2S. The highest BCUT2D eigenvalue weighted by Gasteiger charge is 2.10. The molecule has 0 unspecified atom stereocenters. The number of thiocarbonyl (C=S) groups is 1. The van der Waals surface area contributed by atoms with Gasteiger partial charge in [-0.2, -0.15) is 0 Å². The number of ketones is 1. The highest BCUT2D eigenvalue weighted by molar-refractivity contribution is 7.84. The van der Waals surface area contributed by atoms with Crippen LogP contribution < -0.4 is 0 Å². The molecule has 0 fully saturated rings. The van der Waals surface area contributed by atoms with Crippen molar-refractivity contribution in [3.63, 3.8) is 0 Å². The predicted molar refractivity (Wildman–Crippen MR) is 37.8 cm³/mol. The van der Waals surface area contributed by atoms with Gasteiger partial charge in [0.2, 0.25) is 0 Å². The monoisotopic (exact) mass is 143 g/mol. The van der Waals surface area contributed by atoms with Crippen molar-refractivity contribution in [3.05, 3.63) is 0 Å². The Morgan fingerprint density at radius 2 is 2.00 bits per heavy atom. The number of carbonyl (C=O) groups is 2. The number of aliphatic imine (C=N–C) groups is 1. The lowest BCUT2D eigenvalue weighted by Gasteiger charge is -1.87. The molecule has 0 aromatic rings. The van der Waals surface area contributed by atoms with Crippen LogP contribution in [0.1, 0.15) is 6.92 Å². The van der Waals surface area contributed by atoms with Gasteiger partial charge in [-0.3, -0.25) is 9.59 Å². The maximum absolute atomic E-state index is 10.4. The summed E-state index contributed by atoms with van der Waals surface area (Å²) in [7, 11) is 0. The summed E-state index contributed by atoms with van der Waals surface area (Å²) in [5, 5.41) is 0. The minimum Gasteiger partial charge on any atom is -0.293 e. The van der Waals surface area contributed by atoms with Crippen LogP contribution in [0.5, 0.6) is 0 Å². The smallest absolute Gasteiger partial charge is 0.290 e. The van der Waals surface area contributed by atoms with Crippen LogP contribution in [0.15, 0.2) is 4.99 Å². The normalized spacial score (nSPS) is 8.11. The van der Waals surface area contributed by atoms with Crippen molar-refractivity contribution in [2.75, 3.05) is 0 Å². The Hall–Kier alpha value is -0.900. The second-order valence-corrected chi connectivity index (χ2v) is 1.76. The Balaban J connectivity index is 4.22. The van der Waals surface area contributed by atoms with Crippen LogP contribution in [0.4, 0.5) is 0 Å². The predicted octanol–water partition coefficient (Wildman–Crippen LogP) is 0.172. The van der Waals surface area contributed by atoms with Gasteiger partial charge in [0.1, 0.15) is 4.86 Å². The molecule has 0 aromatic carbocycles. The second-order valence-electron chi connectivity index (χ2n) is 1.35. The molecule has 1 amide bonds. The van der Waals surface area contributed by atoms with Crippen LogP contribution in [0.25, 0.3) is 0 Å². The van der Waals surface area contributed by atoms with Gasteiger partial charge < -0.3 is 0 Å². The molecule has 0 N–H and O–H groups in total. The number of Topliss-reactive ketones (excluding diaryl/α,β-unsaturated/α-hetero) is 1. The fourth-order valence-electron chi connectivity index (χ4n) is 0.222. The first kappa shape index (κ1) is 8.10. The molecule has 0 aliphatic heterocycles. The van der Waals surface area contributed by atoms with E-state index in [1.807, 2.05) is 0 Å². The first-order valence-electron chi connectivity index (χ1n) is 2.15. The van der Waals surface area contributed by atoms with Gasteiger partial charge in [-0.15, -0.1) is 0 Å². The number of rotatable bonds is 2. The molecule has 9 heavy (non-hydrogen) atoms. The molecule has 48 valence electrons. The van der Waals surface area contributed by atoms with E-state index in [1.165, 1.54) is 6.92 Å². The van der Waals surface area contributed by atoms with Gasteiger partial charge in [0.25, 0.3) is 5.91 Å². The zero-order chi connectivity index (χ0) is 7.44. The van der Waals surface area contributed by atoms with E-state index >= 15 is 0 Å². The molecule has 0 aromatic heterocycles. The molecule has 0 aliphatic rings. The van der Waals surface area contributed by atoms with E-state index in [0.717, 1.165) is 0 Å². The Kier molecular flexibility index (Phi) is 2.87. The Bertz CT molecular complexity index is 185. The average molecular weight is 143 g/mol. The summed E-state index contributed by atoms with van der Waals surface area (Å²) in [4.78, 5) is 23.3. The van der Waals surface area contributed by atoms with E-state index in [9.17, 15) is 9.59 Å². The summed E-state index contributed by atoms with van der Waals surface area (Å²) in [6, 6.07) is 0. The van der Waals surface area contributed by atoms with Crippen molar-refractivity contribution >= 4 is 35.5 Å². The highest BCUT2D eigenvalue weighted by atomic mass is 32.1. The number of nitrogens with zero attached hydrogens (tertiary/aromatic N) is 1. The lowest BCUT2D eigenvalue weighted by Crippen LogP contribution is -2.16. The van der Waals surface area contributed by atoms with Gasteiger partial charge in [-0.25, -0.2) is 4.99 Å². The molecule has 0 radical (unpaired) electrons. The van der Waals surface area contributed by atoms with E-state index in [1.54, 1.807) is 0 Å². The quantitative estimate of drug-likeness (QED) is 0.314. The summed E-state index contributed by atoms with van der Waals surface area (Å²) in [5.74, 6) is -1.17. The van der Waals surface area contributed by atoms with E-state index in [0.29, 0.717) is 0 Å². The fourth-order valence-corrected chi connectivity index (χ4v) is 0.287. The zero-order valence-corrected chi connectivity index (χ0v) is 5.70. The molecule has 0 spiro atoms. The third-order valence-electron chi connectivity index (χ3n) is 0.658. The number of hydrogen-bond acceptors (Lipinski definition) is 3. The van der Waals surface area contributed by atoms with Crippen LogP contribution in [-0.4, -0.2) is 23.3 Å². The maximum atomic E-state index is 10.4. The molecular weight excluding hydrogens is 138 g/mol. The minimum absolute atomic E-state index is 0.287. The first-order chi connectivity index (χ1) is 4.09. The molecule has 0 bridgehead atoms. The van der Waals surface area contributed by atoms with Gasteiger partial charge in [0.15, 0.2) is 5.78 Å². The van der Waals surface area contributed by atoms with Crippen molar-refractivity contribution < 1.29 is 9.59 Å². The molecule has 0 saturated heterocycles. The molecule has 0 rings (SSSR count). The Morgan fingerprint density at radius 3 is 2.11 bits per heavy atom. The van der Waals surface area contributed by atoms with Crippen molar-refractivity contribution in [1.29, 1.82) is 0 Å². The molecule has 0 heterocycles. The fraction of sp³-hybridized carbons (Fsp3) is 0.200. The molecule has 0 saturated carbocycles. The van der Waals surface area contributed by atoms with E-state index in [2.05, 4.69) is 23.9 Å². The number of amides is 1. The average Bonchev–Trinajstić information content (AvgIpc) is 1.84. The van der Waals surface area contributed by atoms with Gasteiger partial charge in [0, 0.05) is 6.92 Å². The van der Waals surface area contributed by atoms with Crippen LogP contribution in [0.2, 0.25) is 0 Å². The van der Waals surface area contributed by atoms with E-state index in [-0.39, 0.29) is 4.86 Å². The zero-order valence-electron chi connectivity index (χ0n) is 4.88. The SMILES string of the molecule is C=NC(=O)C(=S)C(C)=O. The molecule has 3 nitrogen and oxygen atoms in total. The van der Waals surface area contributed by atoms with Gasteiger partial charge in [-0.1, -0.05) is 12.2 Å². The minimum atomic E-state index is -0.725. The molecule has 4 heteroatoms. The van der Waals surface area contributed by atoms with Crippen molar-refractivity contribution in [2.45, 2.75) is 6.92 Å². The maximum Gasteiger partial charge on any atom is 0.290 e. The van der Waals surface area contributed by atoms with Crippen molar-refractivity contribution in [2.24, 2.45) is 4.99 Å². The highest BCUT2D eigenvalue weighted by Crippen LogP contribution is 1.83. The van der Waals surface area contributed by atoms with Crippen LogP contribution in [0, 0.1) is 0 Å². The Labute approximate surface area is 57.8 Å². The standard InChI is InChI=1S/C5H5NO2S/c1-3(7)4(9)5(8)6-2/h2H2,1H3. The van der Waals surface area contributed by atoms with Gasteiger partial charge in [-0.05, 0) is 6.72 Å². The third kappa shape index (κ3) is 2.23. The first-order valence-corrected chi connectivity index (χ1v) is 2.56. The second kappa shape index (κ2) is 3.19. The summed E-state index contributed by atoms with van der Waals surface area (Å²) >= 11 is 4.37. The van der Waals surface area contributed by atoms with Gasteiger partial charge in [0.05, 0.1) is 0 Å².